The number of methoxy groups -OCH3 is 2. The number of fused-ring (bicyclic) bond motifs is 2. The second-order valence-corrected chi connectivity index (χ2v) is 12.7. The highest BCUT2D eigenvalue weighted by Gasteiger charge is 2.23. The molecule has 0 unspecified atom stereocenters. The maximum absolute atomic E-state index is 12.6. The number of carbonyl (C=O) groups is 4. The van der Waals surface area contributed by atoms with Crippen molar-refractivity contribution in [3.63, 3.8) is 0 Å². The van der Waals surface area contributed by atoms with Crippen LogP contribution < -0.4 is 18.9 Å². The predicted octanol–water partition coefficient (Wildman–Crippen LogP) is 7.22. The maximum atomic E-state index is 12.6. The number of rotatable bonds is 16. The zero-order chi connectivity index (χ0) is 32.1. The minimum atomic E-state index is -1.03. The lowest BCUT2D eigenvalue weighted by Crippen LogP contribution is -2.13. The lowest BCUT2D eigenvalue weighted by Gasteiger charge is -2.14. The Balaban J connectivity index is 1.41. The molecule has 2 aromatic carbocycles. The zero-order valence-electron chi connectivity index (χ0n) is 24.4. The number of carboxylic acids is 2. The van der Waals surface area contributed by atoms with Gasteiger partial charge in [0.1, 0.15) is 0 Å². The number of hydrogen-bond acceptors (Lipinski definition) is 10. The highest BCUT2D eigenvalue weighted by Crippen LogP contribution is 2.44. The van der Waals surface area contributed by atoms with Crippen LogP contribution in [0.5, 0.6) is 23.0 Å². The Morgan fingerprint density at radius 2 is 1.30 bits per heavy atom. The van der Waals surface area contributed by atoms with E-state index in [1.54, 1.807) is 30.3 Å². The molecule has 0 saturated heterocycles. The fourth-order valence-electron chi connectivity index (χ4n) is 4.33. The summed E-state index contributed by atoms with van der Waals surface area (Å²) in [7, 11) is 3.01. The fourth-order valence-corrected chi connectivity index (χ4v) is 6.76. The molecule has 4 rings (SSSR count). The van der Waals surface area contributed by atoms with E-state index in [9.17, 15) is 19.2 Å². The molecule has 13 heteroatoms. The number of thiophene rings is 2. The third-order valence-corrected chi connectivity index (χ3v) is 9.51. The van der Waals surface area contributed by atoms with E-state index in [0.717, 1.165) is 10.1 Å². The van der Waals surface area contributed by atoms with Crippen molar-refractivity contribution < 1.29 is 48.3 Å². The largest absolute Gasteiger partial charge is 0.493 e. The average molecular weight is 663 g/mol. The average Bonchev–Trinajstić information content (AvgIpc) is 3.61. The summed E-state index contributed by atoms with van der Waals surface area (Å²) in [4.78, 5) is 48.4. The van der Waals surface area contributed by atoms with Gasteiger partial charge in [0.05, 0.1) is 54.0 Å². The van der Waals surface area contributed by atoms with Crippen LogP contribution in [0.3, 0.4) is 0 Å². The summed E-state index contributed by atoms with van der Waals surface area (Å²) >= 11 is 9.16. The molecule has 0 amide bonds. The fraction of sp³-hybridized carbons (Fsp3) is 0.355. The number of benzene rings is 2. The summed E-state index contributed by atoms with van der Waals surface area (Å²) in [6.45, 7) is 3.50. The van der Waals surface area contributed by atoms with Gasteiger partial charge < -0.3 is 29.2 Å². The summed E-state index contributed by atoms with van der Waals surface area (Å²) in [5.41, 5.74) is 0. The third kappa shape index (κ3) is 7.43. The predicted molar refractivity (Wildman–Crippen MR) is 169 cm³/mol. The molecular formula is C31H31ClO10S2. The molecular weight excluding hydrogens is 632 g/mol. The van der Waals surface area contributed by atoms with Crippen molar-refractivity contribution in [1.82, 2.24) is 0 Å². The summed E-state index contributed by atoms with van der Waals surface area (Å²) < 4.78 is 24.4. The Labute approximate surface area is 266 Å². The van der Waals surface area contributed by atoms with E-state index in [4.69, 9.17) is 40.8 Å². The summed E-state index contributed by atoms with van der Waals surface area (Å²) in [5, 5.41) is 19.9. The van der Waals surface area contributed by atoms with Crippen LogP contribution in [0.25, 0.3) is 20.2 Å². The van der Waals surface area contributed by atoms with Gasteiger partial charge in [0.2, 0.25) is 0 Å². The van der Waals surface area contributed by atoms with Crippen LogP contribution in [0.2, 0.25) is 5.02 Å². The molecule has 0 spiro atoms. The number of hydrogen-bond donors (Lipinski definition) is 2. The van der Waals surface area contributed by atoms with Crippen molar-refractivity contribution in [1.29, 1.82) is 0 Å². The third-order valence-electron chi connectivity index (χ3n) is 6.87. The van der Waals surface area contributed by atoms with Gasteiger partial charge in [-0.3, -0.25) is 19.2 Å². The Bertz CT molecular complexity index is 1720. The van der Waals surface area contributed by atoms with Crippen molar-refractivity contribution >= 4 is 78.0 Å². The Kier molecular flexibility index (Phi) is 10.7. The molecule has 0 fully saturated rings. The molecule has 2 N–H and O–H groups in total. The molecule has 2 atom stereocenters. The van der Waals surface area contributed by atoms with Gasteiger partial charge in [0.25, 0.3) is 0 Å². The van der Waals surface area contributed by atoms with Crippen molar-refractivity contribution in [2.24, 2.45) is 11.8 Å². The number of ketones is 2. The van der Waals surface area contributed by atoms with E-state index in [1.165, 1.54) is 50.7 Å². The molecule has 2 heterocycles. The first-order valence-electron chi connectivity index (χ1n) is 13.6. The quantitative estimate of drug-likeness (QED) is 0.0931. The van der Waals surface area contributed by atoms with Crippen LogP contribution in [0.15, 0.2) is 30.3 Å². The van der Waals surface area contributed by atoms with Crippen molar-refractivity contribution in [3.05, 3.63) is 45.1 Å². The molecule has 44 heavy (non-hydrogen) atoms. The van der Waals surface area contributed by atoms with E-state index >= 15 is 0 Å². The lowest BCUT2D eigenvalue weighted by atomic mass is 10.0. The number of Topliss-reactive ketones (excluding diaryl/α,β-unsaturated/α-hetero) is 2. The van der Waals surface area contributed by atoms with E-state index in [2.05, 4.69) is 0 Å². The van der Waals surface area contributed by atoms with Gasteiger partial charge in [-0.1, -0.05) is 25.4 Å². The number of ether oxygens (including phenoxy) is 4. The summed E-state index contributed by atoms with van der Waals surface area (Å²) in [6, 6.07) is 8.67. The number of aliphatic carboxylic acids is 2. The van der Waals surface area contributed by atoms with E-state index in [1.807, 2.05) is 0 Å². The van der Waals surface area contributed by atoms with Gasteiger partial charge in [-0.25, -0.2) is 0 Å². The highest BCUT2D eigenvalue weighted by molar-refractivity contribution is 7.21. The van der Waals surface area contributed by atoms with Crippen LogP contribution in [-0.4, -0.2) is 61.2 Å². The number of halogens is 1. The van der Waals surface area contributed by atoms with E-state index < -0.39 is 23.8 Å². The van der Waals surface area contributed by atoms with Crippen LogP contribution in [-0.2, 0) is 9.59 Å². The van der Waals surface area contributed by atoms with Gasteiger partial charge in [0, 0.05) is 46.2 Å². The Morgan fingerprint density at radius 3 is 1.89 bits per heavy atom. The minimum Gasteiger partial charge on any atom is -0.493 e. The topological polar surface area (TPSA) is 146 Å². The van der Waals surface area contributed by atoms with Crippen LogP contribution >= 0.6 is 34.3 Å². The molecule has 0 aliphatic rings. The highest BCUT2D eigenvalue weighted by atomic mass is 35.5. The lowest BCUT2D eigenvalue weighted by molar-refractivity contribution is -0.141. The van der Waals surface area contributed by atoms with Gasteiger partial charge in [-0.05, 0) is 23.6 Å². The normalized spacial score (nSPS) is 12.6. The van der Waals surface area contributed by atoms with E-state index in [-0.39, 0.29) is 42.6 Å². The molecule has 0 bridgehead atoms. The summed E-state index contributed by atoms with van der Waals surface area (Å²) in [6.07, 6.45) is 0.275. The number of carbonyl (C=O) groups excluding carboxylic acids is 2. The van der Waals surface area contributed by atoms with Crippen molar-refractivity contribution in [2.45, 2.75) is 33.1 Å². The molecule has 4 aromatic rings. The van der Waals surface area contributed by atoms with Crippen LogP contribution in [0.1, 0.15) is 52.5 Å². The maximum Gasteiger partial charge on any atom is 0.306 e. The monoisotopic (exact) mass is 662 g/mol. The first-order chi connectivity index (χ1) is 20.9. The van der Waals surface area contributed by atoms with Gasteiger partial charge in [0.15, 0.2) is 34.6 Å². The van der Waals surface area contributed by atoms with Crippen LogP contribution in [0.4, 0.5) is 0 Å². The van der Waals surface area contributed by atoms with Crippen LogP contribution in [0, 0.1) is 11.8 Å². The molecule has 0 aliphatic heterocycles. The van der Waals surface area contributed by atoms with Crippen molar-refractivity contribution in [2.75, 3.05) is 27.4 Å². The standard InChI is InChI=1S/C31H31ClO10S2/c1-15(30(35)36)8-19(33)26-11-17-10-22(21(39-3)13-24(17)43-26)41-6-5-7-42-29-23(40-4)14-25-18(28(29)32)12-27(44-25)20(34)9-16(2)31(37)38/h10-16H,5-9H2,1-4H3,(H,35,36)(H,37,38)/t15-,16-/m0/s1. The number of carboxylic acid groups (broad SMARTS) is 2. The van der Waals surface area contributed by atoms with Gasteiger partial charge in [-0.2, -0.15) is 0 Å². The Morgan fingerprint density at radius 1 is 0.750 bits per heavy atom. The molecule has 234 valence electrons. The summed E-state index contributed by atoms with van der Waals surface area (Å²) in [5.74, 6) is -2.42. The molecule has 10 nitrogen and oxygen atoms in total. The smallest absolute Gasteiger partial charge is 0.306 e. The Hall–Kier alpha value is -3.87. The molecule has 0 aliphatic carbocycles. The molecule has 0 saturated carbocycles. The van der Waals surface area contributed by atoms with Crippen molar-refractivity contribution in [3.8, 4) is 23.0 Å². The first-order valence-corrected chi connectivity index (χ1v) is 15.6. The van der Waals surface area contributed by atoms with E-state index in [0.29, 0.717) is 49.3 Å². The van der Waals surface area contributed by atoms with Gasteiger partial charge in [-0.15, -0.1) is 22.7 Å². The minimum absolute atomic E-state index is 0.0812. The second-order valence-electron chi connectivity index (χ2n) is 10.2. The SMILES string of the molecule is COc1cc2sc(C(=O)C[C@H](C)C(=O)O)cc2cc1OCCCOc1c(OC)cc2sc(C(=O)C[C@H](C)C(=O)O)cc2c1Cl. The molecule has 0 radical (unpaired) electrons. The first kappa shape index (κ1) is 33.0. The zero-order valence-corrected chi connectivity index (χ0v) is 26.8. The second kappa shape index (κ2) is 14.3. The van der Waals surface area contributed by atoms with Gasteiger partial charge >= 0.3 is 11.9 Å². The molecule has 2 aromatic heterocycles.